The first kappa shape index (κ1) is 14.3. The number of Topliss-reactive ketones (excluding diaryl/α,β-unsaturated/α-hetero) is 1. The number of hydrogen-bond acceptors (Lipinski definition) is 2. The number of carbonyl (C=O) groups is 1. The molecule has 0 aliphatic carbocycles. The van der Waals surface area contributed by atoms with E-state index in [9.17, 15) is 13.6 Å². The van der Waals surface area contributed by atoms with Gasteiger partial charge >= 0.3 is 0 Å². The largest absolute Gasteiger partial charge is 0.381 e. The molecule has 0 saturated heterocycles. The highest BCUT2D eigenvalue weighted by Gasteiger charge is 2.19. The zero-order chi connectivity index (χ0) is 12.8. The zero-order valence-corrected chi connectivity index (χ0v) is 11.0. The molecule has 0 spiro atoms. The van der Waals surface area contributed by atoms with Crippen LogP contribution in [0.5, 0.6) is 0 Å². The summed E-state index contributed by atoms with van der Waals surface area (Å²) in [5.41, 5.74) is -0.500. The van der Waals surface area contributed by atoms with Gasteiger partial charge in [0.05, 0.1) is 16.6 Å². The van der Waals surface area contributed by atoms with Gasteiger partial charge in [-0.25, -0.2) is 8.78 Å². The number of ketones is 1. The molecule has 1 rings (SSSR count). The van der Waals surface area contributed by atoms with E-state index in [0.717, 1.165) is 12.5 Å². The molecule has 17 heavy (non-hydrogen) atoms. The van der Waals surface area contributed by atoms with Crippen molar-refractivity contribution in [3.05, 3.63) is 33.8 Å². The van der Waals surface area contributed by atoms with E-state index in [1.165, 1.54) is 6.07 Å². The van der Waals surface area contributed by atoms with Gasteiger partial charge in [0.1, 0.15) is 5.82 Å². The molecule has 0 atom stereocenters. The Morgan fingerprint density at radius 1 is 1.35 bits per heavy atom. The molecule has 0 amide bonds. The molecule has 0 radical (unpaired) electrons. The summed E-state index contributed by atoms with van der Waals surface area (Å²) in [6, 6.07) is 2.29. The summed E-state index contributed by atoms with van der Waals surface area (Å²) in [6.45, 7) is 2.66. The quantitative estimate of drug-likeness (QED) is 0.455. The highest BCUT2D eigenvalue weighted by Crippen LogP contribution is 2.22. The lowest BCUT2D eigenvalue weighted by Crippen LogP contribution is -2.10. The van der Waals surface area contributed by atoms with Gasteiger partial charge in [-0.15, -0.1) is 0 Å². The summed E-state index contributed by atoms with van der Waals surface area (Å²) < 4.78 is 32.1. The predicted octanol–water partition coefficient (Wildman–Crippen LogP) is 3.73. The Labute approximate surface area is 107 Å². The Bertz CT molecular complexity index is 408. The average Bonchev–Trinajstić information content (AvgIpc) is 2.30. The second kappa shape index (κ2) is 6.81. The van der Waals surface area contributed by atoms with Crippen molar-refractivity contribution in [2.45, 2.75) is 19.8 Å². The first-order valence-corrected chi connectivity index (χ1v) is 6.11. The molecule has 94 valence electrons. The second-order valence-corrected chi connectivity index (χ2v) is 4.36. The number of halogens is 3. The number of benzene rings is 1. The molecule has 0 aliphatic heterocycles. The Morgan fingerprint density at radius 3 is 2.71 bits per heavy atom. The van der Waals surface area contributed by atoms with Gasteiger partial charge < -0.3 is 4.74 Å². The molecule has 0 unspecified atom stereocenters. The molecule has 1 aromatic carbocycles. The average molecular weight is 307 g/mol. The van der Waals surface area contributed by atoms with Crippen LogP contribution in [0.15, 0.2) is 16.6 Å². The third kappa shape index (κ3) is 3.85. The molecule has 0 aliphatic rings. The van der Waals surface area contributed by atoms with Gasteiger partial charge in [-0.05, 0) is 34.5 Å². The molecular formula is C12H13BrF2O2. The predicted molar refractivity (Wildman–Crippen MR) is 64.1 cm³/mol. The van der Waals surface area contributed by atoms with E-state index in [2.05, 4.69) is 15.9 Å². The van der Waals surface area contributed by atoms with Crippen LogP contribution in [-0.4, -0.2) is 19.0 Å². The van der Waals surface area contributed by atoms with Crippen molar-refractivity contribution in [2.24, 2.45) is 0 Å². The first-order chi connectivity index (χ1) is 8.07. The maximum atomic E-state index is 13.5. The van der Waals surface area contributed by atoms with Crippen molar-refractivity contribution in [3.63, 3.8) is 0 Å². The van der Waals surface area contributed by atoms with E-state index in [-0.39, 0.29) is 17.5 Å². The van der Waals surface area contributed by atoms with E-state index in [1.807, 2.05) is 6.92 Å². The van der Waals surface area contributed by atoms with Gasteiger partial charge in [-0.3, -0.25) is 4.79 Å². The van der Waals surface area contributed by atoms with E-state index < -0.39 is 23.0 Å². The highest BCUT2D eigenvalue weighted by atomic mass is 79.9. The van der Waals surface area contributed by atoms with Gasteiger partial charge in [0, 0.05) is 13.0 Å². The topological polar surface area (TPSA) is 26.3 Å². The van der Waals surface area contributed by atoms with Crippen LogP contribution in [0.4, 0.5) is 8.78 Å². The van der Waals surface area contributed by atoms with Crippen molar-refractivity contribution in [1.82, 2.24) is 0 Å². The van der Waals surface area contributed by atoms with Gasteiger partial charge in [-0.2, -0.15) is 0 Å². The molecule has 0 fully saturated rings. The Balaban J connectivity index is 2.72. The van der Waals surface area contributed by atoms with Crippen LogP contribution >= 0.6 is 15.9 Å². The van der Waals surface area contributed by atoms with Crippen molar-refractivity contribution < 1.29 is 18.3 Å². The van der Waals surface area contributed by atoms with Gasteiger partial charge in [0.25, 0.3) is 0 Å². The molecule has 2 nitrogen and oxygen atoms in total. The standard InChI is InChI=1S/C12H13BrF2O2/c1-2-6-17-7-5-10(16)11-9(14)4-3-8(13)12(11)15/h3-4H,2,5-7H2,1H3. The van der Waals surface area contributed by atoms with E-state index in [4.69, 9.17) is 4.74 Å². The Morgan fingerprint density at radius 2 is 2.06 bits per heavy atom. The number of ether oxygens (including phenoxy) is 1. The van der Waals surface area contributed by atoms with Crippen LogP contribution in [-0.2, 0) is 4.74 Å². The fourth-order valence-corrected chi connectivity index (χ4v) is 1.65. The minimum atomic E-state index is -0.856. The minimum Gasteiger partial charge on any atom is -0.381 e. The van der Waals surface area contributed by atoms with Crippen LogP contribution in [0.2, 0.25) is 0 Å². The van der Waals surface area contributed by atoms with Crippen LogP contribution in [0, 0.1) is 11.6 Å². The van der Waals surface area contributed by atoms with Crippen LogP contribution in [0.3, 0.4) is 0 Å². The Hall–Kier alpha value is -0.810. The monoisotopic (exact) mass is 306 g/mol. The van der Waals surface area contributed by atoms with Gasteiger partial charge in [0.2, 0.25) is 0 Å². The molecule has 0 heterocycles. The van der Waals surface area contributed by atoms with Crippen LogP contribution in [0.25, 0.3) is 0 Å². The number of rotatable bonds is 6. The summed E-state index contributed by atoms with van der Waals surface area (Å²) >= 11 is 2.92. The number of hydrogen-bond donors (Lipinski definition) is 0. The summed E-state index contributed by atoms with van der Waals surface area (Å²) in [5.74, 6) is -2.28. The fourth-order valence-electron chi connectivity index (χ4n) is 1.32. The van der Waals surface area contributed by atoms with Crippen molar-refractivity contribution in [2.75, 3.05) is 13.2 Å². The molecule has 1 aromatic rings. The molecule has 5 heteroatoms. The summed E-state index contributed by atoms with van der Waals surface area (Å²) in [6.07, 6.45) is 0.818. The van der Waals surface area contributed by atoms with E-state index >= 15 is 0 Å². The normalized spacial score (nSPS) is 10.6. The van der Waals surface area contributed by atoms with Crippen LogP contribution in [0.1, 0.15) is 30.1 Å². The molecule has 0 N–H and O–H groups in total. The fraction of sp³-hybridized carbons (Fsp3) is 0.417. The lowest BCUT2D eigenvalue weighted by Gasteiger charge is -2.06. The van der Waals surface area contributed by atoms with Crippen molar-refractivity contribution in [1.29, 1.82) is 0 Å². The smallest absolute Gasteiger partial charge is 0.171 e. The third-order valence-electron chi connectivity index (χ3n) is 2.14. The second-order valence-electron chi connectivity index (χ2n) is 3.50. The first-order valence-electron chi connectivity index (χ1n) is 5.32. The van der Waals surface area contributed by atoms with Crippen molar-refractivity contribution in [3.8, 4) is 0 Å². The molecule has 0 bridgehead atoms. The van der Waals surface area contributed by atoms with Gasteiger partial charge in [0.15, 0.2) is 11.6 Å². The highest BCUT2D eigenvalue weighted by molar-refractivity contribution is 9.10. The summed E-state index contributed by atoms with van der Waals surface area (Å²) in [5, 5.41) is 0. The van der Waals surface area contributed by atoms with E-state index in [0.29, 0.717) is 6.61 Å². The van der Waals surface area contributed by atoms with Gasteiger partial charge in [-0.1, -0.05) is 6.92 Å². The molecule has 0 saturated carbocycles. The third-order valence-corrected chi connectivity index (χ3v) is 2.76. The van der Waals surface area contributed by atoms with E-state index in [1.54, 1.807) is 0 Å². The zero-order valence-electron chi connectivity index (χ0n) is 9.43. The lowest BCUT2D eigenvalue weighted by molar-refractivity contribution is 0.0871. The maximum Gasteiger partial charge on any atom is 0.171 e. The molecular weight excluding hydrogens is 294 g/mol. The van der Waals surface area contributed by atoms with Crippen molar-refractivity contribution >= 4 is 21.7 Å². The Kier molecular flexibility index (Phi) is 5.71. The van der Waals surface area contributed by atoms with Crippen LogP contribution < -0.4 is 0 Å². The summed E-state index contributed by atoms with van der Waals surface area (Å²) in [4.78, 5) is 11.6. The minimum absolute atomic E-state index is 0.0235. The SMILES string of the molecule is CCCOCCC(=O)c1c(F)ccc(Br)c1F. The maximum absolute atomic E-state index is 13.5. The lowest BCUT2D eigenvalue weighted by atomic mass is 10.1. The molecule has 0 aromatic heterocycles. The summed E-state index contributed by atoms with van der Waals surface area (Å²) in [7, 11) is 0. The number of carbonyl (C=O) groups excluding carboxylic acids is 1.